The van der Waals surface area contributed by atoms with Gasteiger partial charge < -0.3 is 10.1 Å². The van der Waals surface area contributed by atoms with Crippen LogP contribution in [0.3, 0.4) is 0 Å². The molecule has 1 aromatic rings. The van der Waals surface area contributed by atoms with E-state index in [1.807, 2.05) is 13.8 Å². The topological polar surface area (TPSA) is 55.4 Å². The van der Waals surface area contributed by atoms with Crippen LogP contribution in [-0.2, 0) is 9.53 Å². The molecular weight excluding hydrogens is 326 g/mol. The molecule has 0 saturated carbocycles. The molecule has 24 heavy (non-hydrogen) atoms. The van der Waals surface area contributed by atoms with Crippen LogP contribution in [0.2, 0.25) is 5.02 Å². The van der Waals surface area contributed by atoms with E-state index in [9.17, 15) is 9.59 Å². The monoisotopic (exact) mass is 351 g/mol. The van der Waals surface area contributed by atoms with Crippen molar-refractivity contribution in [2.45, 2.75) is 45.6 Å². The number of carbonyl (C=O) groups is 2. The number of Topliss-reactive ketones (excluding diaryl/α,β-unsaturated/α-hetero) is 1. The van der Waals surface area contributed by atoms with Crippen molar-refractivity contribution < 1.29 is 14.3 Å². The summed E-state index contributed by atoms with van der Waals surface area (Å²) in [5, 5.41) is 3.90. The minimum atomic E-state index is -0.498. The molecule has 132 valence electrons. The number of halogens is 1. The number of hydrogen-bond donors (Lipinski definition) is 1. The summed E-state index contributed by atoms with van der Waals surface area (Å²) in [5.74, 6) is -0.441. The molecule has 1 aliphatic heterocycles. The van der Waals surface area contributed by atoms with E-state index in [1.165, 1.54) is 0 Å². The van der Waals surface area contributed by atoms with Crippen molar-refractivity contribution in [3.8, 4) is 0 Å². The van der Waals surface area contributed by atoms with Crippen molar-refractivity contribution in [2.24, 2.45) is 11.8 Å². The maximum absolute atomic E-state index is 12.4. The lowest BCUT2D eigenvalue weighted by Crippen LogP contribution is -2.43. The van der Waals surface area contributed by atoms with Crippen LogP contribution in [-0.4, -0.2) is 30.4 Å². The molecule has 5 heteroatoms. The standard InChI is InChI=1S/C19H26ClNO3/c1-13(18(23)14-4-6-16(20)7-5-14)12-17(22)24-19(2,3)15-8-10-21-11-9-15/h4-7,13,15,21H,8-12H2,1-3H3. The number of nitrogens with one attached hydrogen (secondary N) is 1. The van der Waals surface area contributed by atoms with E-state index in [0.29, 0.717) is 16.5 Å². The second-order valence-electron chi connectivity index (χ2n) is 7.08. The summed E-state index contributed by atoms with van der Waals surface area (Å²) in [7, 11) is 0. The third-order valence-corrected chi connectivity index (χ3v) is 5.00. The highest BCUT2D eigenvalue weighted by molar-refractivity contribution is 6.30. The van der Waals surface area contributed by atoms with Crippen molar-refractivity contribution in [3.05, 3.63) is 34.9 Å². The van der Waals surface area contributed by atoms with Gasteiger partial charge in [-0.2, -0.15) is 0 Å². The minimum absolute atomic E-state index is 0.0664. The molecule has 1 saturated heterocycles. The quantitative estimate of drug-likeness (QED) is 0.624. The molecule has 1 aromatic carbocycles. The number of rotatable bonds is 6. The van der Waals surface area contributed by atoms with E-state index in [0.717, 1.165) is 25.9 Å². The minimum Gasteiger partial charge on any atom is -0.459 e. The van der Waals surface area contributed by atoms with E-state index in [1.54, 1.807) is 31.2 Å². The van der Waals surface area contributed by atoms with Gasteiger partial charge in [-0.05, 0) is 64.0 Å². The van der Waals surface area contributed by atoms with Gasteiger partial charge in [0, 0.05) is 22.4 Å². The zero-order valence-electron chi connectivity index (χ0n) is 14.6. The van der Waals surface area contributed by atoms with Crippen LogP contribution in [0.25, 0.3) is 0 Å². The number of esters is 1. The zero-order chi connectivity index (χ0) is 17.7. The smallest absolute Gasteiger partial charge is 0.307 e. The van der Waals surface area contributed by atoms with Crippen molar-refractivity contribution in [3.63, 3.8) is 0 Å². The maximum atomic E-state index is 12.4. The second kappa shape index (κ2) is 8.13. The Bertz CT molecular complexity index is 577. The molecule has 2 rings (SSSR count). The first kappa shape index (κ1) is 18.9. The summed E-state index contributed by atoms with van der Waals surface area (Å²) >= 11 is 5.84. The molecule has 1 N–H and O–H groups in total. The maximum Gasteiger partial charge on any atom is 0.307 e. The molecule has 0 amide bonds. The molecule has 1 fully saturated rings. The molecule has 1 atom stereocenters. The average molecular weight is 352 g/mol. The molecule has 0 aromatic heterocycles. The molecule has 0 bridgehead atoms. The van der Waals surface area contributed by atoms with E-state index in [4.69, 9.17) is 16.3 Å². The third kappa shape index (κ3) is 5.05. The Morgan fingerprint density at radius 3 is 2.42 bits per heavy atom. The van der Waals surface area contributed by atoms with Gasteiger partial charge in [-0.15, -0.1) is 0 Å². The lowest BCUT2D eigenvalue weighted by molar-refractivity contribution is -0.163. The lowest BCUT2D eigenvalue weighted by Gasteiger charge is -2.36. The first-order chi connectivity index (χ1) is 11.3. The summed E-state index contributed by atoms with van der Waals surface area (Å²) in [6, 6.07) is 6.73. The van der Waals surface area contributed by atoms with Crippen LogP contribution in [0, 0.1) is 11.8 Å². The van der Waals surface area contributed by atoms with E-state index < -0.39 is 11.5 Å². The zero-order valence-corrected chi connectivity index (χ0v) is 15.4. The van der Waals surface area contributed by atoms with E-state index >= 15 is 0 Å². The number of ketones is 1. The van der Waals surface area contributed by atoms with Crippen LogP contribution < -0.4 is 5.32 Å². The average Bonchev–Trinajstić information content (AvgIpc) is 2.55. The van der Waals surface area contributed by atoms with Gasteiger partial charge in [0.15, 0.2) is 5.78 Å². The normalized spacial score (nSPS) is 17.3. The summed E-state index contributed by atoms with van der Waals surface area (Å²) < 4.78 is 5.71. The molecule has 1 unspecified atom stereocenters. The van der Waals surface area contributed by atoms with Crippen molar-refractivity contribution in [1.82, 2.24) is 5.32 Å². The van der Waals surface area contributed by atoms with Gasteiger partial charge in [-0.1, -0.05) is 18.5 Å². The lowest BCUT2D eigenvalue weighted by atomic mass is 9.83. The Morgan fingerprint density at radius 1 is 1.25 bits per heavy atom. The van der Waals surface area contributed by atoms with Gasteiger partial charge in [-0.25, -0.2) is 0 Å². The predicted molar refractivity (Wildman–Crippen MR) is 95.3 cm³/mol. The van der Waals surface area contributed by atoms with E-state index in [-0.39, 0.29) is 18.2 Å². The third-order valence-electron chi connectivity index (χ3n) is 4.75. The SMILES string of the molecule is CC(CC(=O)OC(C)(C)C1CCNCC1)C(=O)c1ccc(Cl)cc1. The number of hydrogen-bond acceptors (Lipinski definition) is 4. The van der Waals surface area contributed by atoms with Crippen molar-refractivity contribution in [2.75, 3.05) is 13.1 Å². The highest BCUT2D eigenvalue weighted by Crippen LogP contribution is 2.29. The molecule has 0 radical (unpaired) electrons. The van der Waals surface area contributed by atoms with Gasteiger partial charge in [0.25, 0.3) is 0 Å². The Balaban J connectivity index is 1.90. The molecule has 1 heterocycles. The van der Waals surface area contributed by atoms with Crippen LogP contribution in [0.4, 0.5) is 0 Å². The van der Waals surface area contributed by atoms with Gasteiger partial charge in [0.1, 0.15) is 5.60 Å². The number of ether oxygens (including phenoxy) is 1. The van der Waals surface area contributed by atoms with Gasteiger partial charge in [-0.3, -0.25) is 9.59 Å². The Labute approximate surface area is 148 Å². The van der Waals surface area contributed by atoms with Crippen molar-refractivity contribution >= 4 is 23.4 Å². The van der Waals surface area contributed by atoms with Crippen LogP contribution in [0.5, 0.6) is 0 Å². The Hall–Kier alpha value is -1.39. The first-order valence-electron chi connectivity index (χ1n) is 8.52. The number of benzene rings is 1. The van der Waals surface area contributed by atoms with E-state index in [2.05, 4.69) is 5.32 Å². The Morgan fingerprint density at radius 2 is 1.83 bits per heavy atom. The summed E-state index contributed by atoms with van der Waals surface area (Å²) in [5.41, 5.74) is 0.0692. The molecule has 4 nitrogen and oxygen atoms in total. The van der Waals surface area contributed by atoms with Crippen LogP contribution >= 0.6 is 11.6 Å². The van der Waals surface area contributed by atoms with Crippen LogP contribution in [0.1, 0.15) is 50.4 Å². The molecule has 0 aliphatic carbocycles. The Kier molecular flexibility index (Phi) is 6.41. The molecule has 0 spiro atoms. The predicted octanol–water partition coefficient (Wildman–Crippen LogP) is 3.87. The summed E-state index contributed by atoms with van der Waals surface area (Å²) in [6.07, 6.45) is 2.09. The fourth-order valence-corrected chi connectivity index (χ4v) is 3.30. The largest absolute Gasteiger partial charge is 0.459 e. The number of carbonyl (C=O) groups excluding carboxylic acids is 2. The van der Waals surface area contributed by atoms with Gasteiger partial charge >= 0.3 is 5.97 Å². The fourth-order valence-electron chi connectivity index (χ4n) is 3.18. The second-order valence-corrected chi connectivity index (χ2v) is 7.51. The first-order valence-corrected chi connectivity index (χ1v) is 8.89. The summed E-state index contributed by atoms with van der Waals surface area (Å²) in [6.45, 7) is 7.60. The molecule has 1 aliphatic rings. The van der Waals surface area contributed by atoms with Gasteiger partial charge in [0.05, 0.1) is 6.42 Å². The highest BCUT2D eigenvalue weighted by atomic mass is 35.5. The summed E-state index contributed by atoms with van der Waals surface area (Å²) in [4.78, 5) is 24.7. The number of piperidine rings is 1. The highest BCUT2D eigenvalue weighted by Gasteiger charge is 2.34. The van der Waals surface area contributed by atoms with Crippen molar-refractivity contribution in [1.29, 1.82) is 0 Å². The van der Waals surface area contributed by atoms with Gasteiger partial charge in [0.2, 0.25) is 0 Å². The van der Waals surface area contributed by atoms with Crippen LogP contribution in [0.15, 0.2) is 24.3 Å². The fraction of sp³-hybridized carbons (Fsp3) is 0.579. The molecular formula is C19H26ClNO3.